The lowest BCUT2D eigenvalue weighted by molar-refractivity contribution is 1.29. The van der Waals surface area contributed by atoms with E-state index in [-0.39, 0.29) is 0 Å². The third-order valence-electron chi connectivity index (χ3n) is 7.70. The summed E-state index contributed by atoms with van der Waals surface area (Å²) in [5.74, 6) is 0. The largest absolute Gasteiger partial charge is 0.308 e. The summed E-state index contributed by atoms with van der Waals surface area (Å²) in [4.78, 5) is 16.9. The number of pyridine rings is 3. The zero-order chi connectivity index (χ0) is 27.2. The lowest BCUT2D eigenvalue weighted by atomic mass is 9.94. The molecule has 3 heterocycles. The van der Waals surface area contributed by atoms with Crippen LogP contribution in [0.15, 0.2) is 146 Å². The van der Waals surface area contributed by atoms with E-state index in [9.17, 15) is 0 Å². The number of aromatic nitrogens is 3. The molecule has 0 saturated heterocycles. The molecular formula is C37H24N4. The van der Waals surface area contributed by atoms with E-state index in [4.69, 9.17) is 9.97 Å². The molecule has 0 radical (unpaired) electrons. The Labute approximate surface area is 237 Å². The van der Waals surface area contributed by atoms with Gasteiger partial charge >= 0.3 is 0 Å². The summed E-state index contributed by atoms with van der Waals surface area (Å²) in [6.07, 6.45) is 5.60. The van der Waals surface area contributed by atoms with Crippen LogP contribution in [0.1, 0.15) is 0 Å². The topological polar surface area (TPSA) is 41.9 Å². The molecule has 0 aliphatic carbocycles. The molecule has 0 amide bonds. The monoisotopic (exact) mass is 524 g/mol. The van der Waals surface area contributed by atoms with Crippen LogP contribution in [0.4, 0.5) is 17.1 Å². The number of para-hydroxylation sites is 1. The van der Waals surface area contributed by atoms with Gasteiger partial charge in [-0.05, 0) is 77.0 Å². The van der Waals surface area contributed by atoms with Crippen LogP contribution in [-0.4, -0.2) is 15.0 Å². The Kier molecular flexibility index (Phi) is 5.42. The third-order valence-corrected chi connectivity index (χ3v) is 7.70. The highest BCUT2D eigenvalue weighted by molar-refractivity contribution is 6.20. The van der Waals surface area contributed by atoms with Crippen molar-refractivity contribution in [3.8, 4) is 11.1 Å². The van der Waals surface area contributed by atoms with Crippen molar-refractivity contribution in [1.29, 1.82) is 0 Å². The van der Waals surface area contributed by atoms with Gasteiger partial charge in [0.05, 0.1) is 22.2 Å². The molecule has 3 aromatic heterocycles. The number of fused-ring (bicyclic) bond motifs is 4. The van der Waals surface area contributed by atoms with Crippen LogP contribution in [0.25, 0.3) is 54.6 Å². The summed E-state index contributed by atoms with van der Waals surface area (Å²) in [5.41, 5.74) is 8.21. The molecule has 0 aliphatic rings. The van der Waals surface area contributed by atoms with Gasteiger partial charge in [-0.25, -0.2) is 0 Å². The van der Waals surface area contributed by atoms with E-state index in [1.807, 2.05) is 42.9 Å². The first kappa shape index (κ1) is 23.3. The molecule has 0 atom stereocenters. The molecule has 0 aliphatic heterocycles. The van der Waals surface area contributed by atoms with Crippen molar-refractivity contribution in [2.45, 2.75) is 0 Å². The van der Waals surface area contributed by atoms with E-state index in [1.54, 1.807) is 0 Å². The maximum Gasteiger partial charge on any atom is 0.0956 e. The summed E-state index contributed by atoms with van der Waals surface area (Å²) in [7, 11) is 0. The maximum atomic E-state index is 5.01. The first-order valence-electron chi connectivity index (χ1n) is 13.7. The molecular weight excluding hydrogens is 500 g/mol. The molecule has 0 saturated carbocycles. The van der Waals surface area contributed by atoms with E-state index in [0.29, 0.717) is 0 Å². The van der Waals surface area contributed by atoms with Crippen molar-refractivity contribution in [3.05, 3.63) is 146 Å². The normalized spacial score (nSPS) is 11.4. The number of nitrogens with zero attached hydrogens (tertiary/aromatic N) is 4. The van der Waals surface area contributed by atoms with Crippen molar-refractivity contribution in [1.82, 2.24) is 15.0 Å². The predicted molar refractivity (Wildman–Crippen MR) is 170 cm³/mol. The van der Waals surface area contributed by atoms with E-state index >= 15 is 0 Å². The van der Waals surface area contributed by atoms with Gasteiger partial charge in [-0.3, -0.25) is 15.0 Å². The van der Waals surface area contributed by atoms with Crippen molar-refractivity contribution < 1.29 is 0 Å². The van der Waals surface area contributed by atoms with Crippen LogP contribution < -0.4 is 4.90 Å². The van der Waals surface area contributed by atoms with Crippen molar-refractivity contribution in [2.24, 2.45) is 0 Å². The van der Waals surface area contributed by atoms with Gasteiger partial charge in [-0.1, -0.05) is 66.7 Å². The SMILES string of the molecule is c1ccc(-c2c3cccnc3c(N(c3ccccc3)c3ccc4cc5ncccc5cc4c3)c3cccnc23)cc1. The van der Waals surface area contributed by atoms with Crippen LogP contribution in [0.3, 0.4) is 0 Å². The Hall–Kier alpha value is -5.61. The van der Waals surface area contributed by atoms with Gasteiger partial charge in [0, 0.05) is 51.7 Å². The second-order valence-corrected chi connectivity index (χ2v) is 10.1. The standard InChI is InChI=1S/C37H24N4/c1-3-10-25(11-4-1)34-31-15-8-21-40-36(31)37(32-16-9-20-39-35(32)34)41(29-13-5-2-6-14-29)30-18-17-26-24-33-27(12-7-19-38-33)22-28(26)23-30/h1-24H. The van der Waals surface area contributed by atoms with E-state index in [0.717, 1.165) is 71.7 Å². The molecule has 4 heteroatoms. The highest BCUT2D eigenvalue weighted by Gasteiger charge is 2.23. The Balaban J connectivity index is 1.47. The molecule has 192 valence electrons. The van der Waals surface area contributed by atoms with Gasteiger partial charge in [0.25, 0.3) is 0 Å². The Morgan fingerprint density at radius 1 is 0.439 bits per heavy atom. The number of hydrogen-bond donors (Lipinski definition) is 0. The van der Waals surface area contributed by atoms with Gasteiger partial charge in [0.2, 0.25) is 0 Å². The minimum atomic E-state index is 0.929. The molecule has 0 N–H and O–H groups in total. The van der Waals surface area contributed by atoms with Crippen molar-refractivity contribution in [3.63, 3.8) is 0 Å². The molecule has 0 unspecified atom stereocenters. The van der Waals surface area contributed by atoms with Gasteiger partial charge in [0.15, 0.2) is 0 Å². The van der Waals surface area contributed by atoms with Gasteiger partial charge in [-0.2, -0.15) is 0 Å². The van der Waals surface area contributed by atoms with Crippen LogP contribution in [0.5, 0.6) is 0 Å². The quantitative estimate of drug-likeness (QED) is 0.215. The second-order valence-electron chi connectivity index (χ2n) is 10.1. The number of rotatable bonds is 4. The van der Waals surface area contributed by atoms with Gasteiger partial charge in [0.1, 0.15) is 0 Å². The number of anilines is 3. The Bertz CT molecular complexity index is 2150. The van der Waals surface area contributed by atoms with Crippen molar-refractivity contribution >= 4 is 60.5 Å². The summed E-state index contributed by atoms with van der Waals surface area (Å²) < 4.78 is 0. The molecule has 4 nitrogen and oxygen atoms in total. The molecule has 41 heavy (non-hydrogen) atoms. The second kappa shape index (κ2) is 9.54. The summed E-state index contributed by atoms with van der Waals surface area (Å²) in [6.45, 7) is 0. The van der Waals surface area contributed by atoms with E-state index in [1.165, 1.54) is 0 Å². The lowest BCUT2D eigenvalue weighted by Crippen LogP contribution is -2.12. The maximum absolute atomic E-state index is 5.01. The summed E-state index contributed by atoms with van der Waals surface area (Å²) in [5, 5.41) is 5.55. The molecule has 0 fully saturated rings. The average molecular weight is 525 g/mol. The Morgan fingerprint density at radius 3 is 1.98 bits per heavy atom. The zero-order valence-corrected chi connectivity index (χ0v) is 22.1. The lowest BCUT2D eigenvalue weighted by Gasteiger charge is -2.29. The van der Waals surface area contributed by atoms with Crippen LogP contribution in [-0.2, 0) is 0 Å². The van der Waals surface area contributed by atoms with Gasteiger partial charge in [-0.15, -0.1) is 0 Å². The van der Waals surface area contributed by atoms with E-state index in [2.05, 4.69) is 113 Å². The fraction of sp³-hybridized carbons (Fsp3) is 0. The number of benzene rings is 5. The first-order chi connectivity index (χ1) is 20.3. The highest BCUT2D eigenvalue weighted by Crippen LogP contribution is 2.47. The first-order valence-corrected chi connectivity index (χ1v) is 13.7. The summed E-state index contributed by atoms with van der Waals surface area (Å²) >= 11 is 0. The molecule has 8 rings (SSSR count). The summed E-state index contributed by atoms with van der Waals surface area (Å²) in [6, 6.07) is 44.4. The minimum absolute atomic E-state index is 0.929. The molecule has 5 aromatic carbocycles. The van der Waals surface area contributed by atoms with Gasteiger partial charge < -0.3 is 4.90 Å². The smallest absolute Gasteiger partial charge is 0.0956 e. The fourth-order valence-corrected chi connectivity index (χ4v) is 5.90. The van der Waals surface area contributed by atoms with Crippen LogP contribution in [0.2, 0.25) is 0 Å². The van der Waals surface area contributed by atoms with Crippen LogP contribution in [0, 0.1) is 0 Å². The molecule has 0 spiro atoms. The van der Waals surface area contributed by atoms with E-state index < -0.39 is 0 Å². The zero-order valence-electron chi connectivity index (χ0n) is 22.1. The predicted octanol–water partition coefficient (Wildman–Crippen LogP) is 9.62. The highest BCUT2D eigenvalue weighted by atomic mass is 15.2. The fourth-order valence-electron chi connectivity index (χ4n) is 5.90. The number of hydrogen-bond acceptors (Lipinski definition) is 4. The molecule has 8 aromatic rings. The average Bonchev–Trinajstić information content (AvgIpc) is 3.04. The molecule has 0 bridgehead atoms. The van der Waals surface area contributed by atoms with Crippen LogP contribution >= 0.6 is 0 Å². The minimum Gasteiger partial charge on any atom is -0.308 e. The Morgan fingerprint density at radius 2 is 1.15 bits per heavy atom. The third kappa shape index (κ3) is 3.88. The van der Waals surface area contributed by atoms with Crippen molar-refractivity contribution in [2.75, 3.05) is 4.90 Å².